The average Bonchev–Trinajstić information content (AvgIpc) is 3.13. The fourth-order valence-corrected chi connectivity index (χ4v) is 3.24. The van der Waals surface area contributed by atoms with Crippen LogP contribution in [0.3, 0.4) is 0 Å². The molecule has 0 spiro atoms. The van der Waals surface area contributed by atoms with Crippen LogP contribution in [0.5, 0.6) is 0 Å². The molecule has 3 heterocycles. The van der Waals surface area contributed by atoms with Crippen molar-refractivity contribution in [2.45, 2.75) is 39.3 Å². The van der Waals surface area contributed by atoms with Gasteiger partial charge in [-0.05, 0) is 38.3 Å². The number of nitrogens with zero attached hydrogens (tertiary/aromatic N) is 4. The number of nitrogens with one attached hydrogen (secondary N) is 1. The Labute approximate surface area is 168 Å². The summed E-state index contributed by atoms with van der Waals surface area (Å²) >= 11 is 0. The van der Waals surface area contributed by atoms with E-state index in [1.54, 1.807) is 0 Å². The van der Waals surface area contributed by atoms with Gasteiger partial charge in [-0.3, -0.25) is 0 Å². The molecule has 0 amide bonds. The Hall–Kier alpha value is -1.09. The van der Waals surface area contributed by atoms with Crippen LogP contribution in [0, 0.1) is 0 Å². The molecule has 140 valence electrons. The van der Waals surface area contributed by atoms with Gasteiger partial charge in [0.05, 0.1) is 19.3 Å². The quantitative estimate of drug-likeness (QED) is 0.426. The number of hydrogen-bond donors (Lipinski definition) is 1. The molecular weight excluding hydrogens is 429 g/mol. The smallest absolute Gasteiger partial charge is 0.194 e. The van der Waals surface area contributed by atoms with E-state index in [0.29, 0.717) is 6.54 Å². The van der Waals surface area contributed by atoms with E-state index in [-0.39, 0.29) is 30.1 Å². The molecule has 1 aromatic rings. The van der Waals surface area contributed by atoms with Crippen LogP contribution in [-0.2, 0) is 11.3 Å². The SMILES string of the molecule is CCNC(=NCc1ccc(N2CCOC(C)C2)nc1)N1CCCC1.I. The Morgan fingerprint density at radius 1 is 1.32 bits per heavy atom. The van der Waals surface area contributed by atoms with Gasteiger partial charge in [-0.1, -0.05) is 6.07 Å². The first-order valence-electron chi connectivity index (χ1n) is 9.11. The molecule has 3 rings (SSSR count). The highest BCUT2D eigenvalue weighted by molar-refractivity contribution is 14.0. The van der Waals surface area contributed by atoms with Crippen molar-refractivity contribution in [3.05, 3.63) is 23.9 Å². The lowest BCUT2D eigenvalue weighted by molar-refractivity contribution is 0.0529. The number of morpholine rings is 1. The standard InChI is InChI=1S/C18H29N5O.HI/c1-3-19-18(22-8-4-5-9-22)21-13-16-6-7-17(20-12-16)23-10-11-24-15(2)14-23;/h6-7,12,15H,3-5,8-11,13-14H2,1-2H3,(H,19,21);1H. The lowest BCUT2D eigenvalue weighted by Crippen LogP contribution is -2.41. The van der Waals surface area contributed by atoms with E-state index in [2.05, 4.69) is 46.1 Å². The number of halogens is 1. The van der Waals surface area contributed by atoms with Crippen LogP contribution in [0.25, 0.3) is 0 Å². The summed E-state index contributed by atoms with van der Waals surface area (Å²) in [5.74, 6) is 2.06. The molecule has 0 radical (unpaired) electrons. The van der Waals surface area contributed by atoms with Gasteiger partial charge in [-0.15, -0.1) is 24.0 Å². The fourth-order valence-electron chi connectivity index (χ4n) is 3.24. The Morgan fingerprint density at radius 2 is 2.12 bits per heavy atom. The Bertz CT molecular complexity index is 545. The Morgan fingerprint density at radius 3 is 2.76 bits per heavy atom. The maximum absolute atomic E-state index is 5.59. The van der Waals surface area contributed by atoms with E-state index in [4.69, 9.17) is 9.73 Å². The van der Waals surface area contributed by atoms with Gasteiger partial charge in [-0.25, -0.2) is 9.98 Å². The van der Waals surface area contributed by atoms with Gasteiger partial charge < -0.3 is 19.9 Å². The second-order valence-electron chi connectivity index (χ2n) is 6.52. The van der Waals surface area contributed by atoms with Crippen LogP contribution in [0.1, 0.15) is 32.3 Å². The monoisotopic (exact) mass is 459 g/mol. The van der Waals surface area contributed by atoms with E-state index >= 15 is 0 Å². The third-order valence-electron chi connectivity index (χ3n) is 4.53. The summed E-state index contributed by atoms with van der Waals surface area (Å²) in [5.41, 5.74) is 1.15. The lowest BCUT2D eigenvalue weighted by atomic mass is 10.2. The molecule has 2 fully saturated rings. The summed E-state index contributed by atoms with van der Waals surface area (Å²) in [6, 6.07) is 4.24. The second kappa shape index (κ2) is 10.2. The molecule has 1 atom stereocenters. The highest BCUT2D eigenvalue weighted by Gasteiger charge is 2.18. The molecule has 25 heavy (non-hydrogen) atoms. The minimum Gasteiger partial charge on any atom is -0.375 e. The maximum Gasteiger partial charge on any atom is 0.194 e. The summed E-state index contributed by atoms with van der Waals surface area (Å²) < 4.78 is 5.59. The zero-order valence-electron chi connectivity index (χ0n) is 15.3. The topological polar surface area (TPSA) is 53.0 Å². The van der Waals surface area contributed by atoms with E-state index in [1.807, 2.05) is 6.20 Å². The largest absolute Gasteiger partial charge is 0.375 e. The molecule has 1 unspecified atom stereocenters. The van der Waals surface area contributed by atoms with Crippen LogP contribution in [0.2, 0.25) is 0 Å². The van der Waals surface area contributed by atoms with Gasteiger partial charge in [-0.2, -0.15) is 0 Å². The number of pyridine rings is 1. The van der Waals surface area contributed by atoms with Gasteiger partial charge in [0.2, 0.25) is 0 Å². The number of aromatic nitrogens is 1. The van der Waals surface area contributed by atoms with E-state index in [0.717, 1.165) is 56.7 Å². The Balaban J connectivity index is 0.00000225. The fraction of sp³-hybridized carbons (Fsp3) is 0.667. The van der Waals surface area contributed by atoms with Gasteiger partial charge in [0.25, 0.3) is 0 Å². The van der Waals surface area contributed by atoms with Crippen LogP contribution in [0.4, 0.5) is 5.82 Å². The molecule has 7 heteroatoms. The highest BCUT2D eigenvalue weighted by atomic mass is 127. The number of anilines is 1. The van der Waals surface area contributed by atoms with E-state index in [9.17, 15) is 0 Å². The highest BCUT2D eigenvalue weighted by Crippen LogP contribution is 2.16. The minimum absolute atomic E-state index is 0. The van der Waals surface area contributed by atoms with Crippen LogP contribution in [-0.4, -0.2) is 61.3 Å². The third-order valence-corrected chi connectivity index (χ3v) is 4.53. The zero-order valence-corrected chi connectivity index (χ0v) is 17.6. The summed E-state index contributed by atoms with van der Waals surface area (Å²) in [7, 11) is 0. The number of rotatable bonds is 4. The molecule has 0 bridgehead atoms. The summed E-state index contributed by atoms with van der Waals surface area (Å²) in [5, 5.41) is 3.40. The van der Waals surface area contributed by atoms with Gasteiger partial charge >= 0.3 is 0 Å². The van der Waals surface area contributed by atoms with Crippen molar-refractivity contribution in [3.63, 3.8) is 0 Å². The van der Waals surface area contributed by atoms with Crippen molar-refractivity contribution >= 4 is 35.8 Å². The minimum atomic E-state index is 0. The third kappa shape index (κ3) is 5.70. The summed E-state index contributed by atoms with van der Waals surface area (Å²) in [4.78, 5) is 14.0. The first-order chi connectivity index (χ1) is 11.8. The molecule has 1 aromatic heterocycles. The number of guanidine groups is 1. The molecule has 2 aliphatic rings. The Kier molecular flexibility index (Phi) is 8.21. The predicted octanol–water partition coefficient (Wildman–Crippen LogP) is 2.49. The zero-order chi connectivity index (χ0) is 16.8. The van der Waals surface area contributed by atoms with Crippen molar-refractivity contribution in [2.75, 3.05) is 44.2 Å². The summed E-state index contributed by atoms with van der Waals surface area (Å²) in [6.07, 6.45) is 4.75. The van der Waals surface area contributed by atoms with Crippen molar-refractivity contribution in [3.8, 4) is 0 Å². The maximum atomic E-state index is 5.59. The van der Waals surface area contributed by atoms with Crippen molar-refractivity contribution in [1.82, 2.24) is 15.2 Å². The molecule has 0 aliphatic carbocycles. The molecule has 6 nitrogen and oxygen atoms in total. The number of ether oxygens (including phenoxy) is 1. The molecule has 0 saturated carbocycles. The van der Waals surface area contributed by atoms with E-state index < -0.39 is 0 Å². The van der Waals surface area contributed by atoms with Crippen LogP contribution < -0.4 is 10.2 Å². The average molecular weight is 459 g/mol. The van der Waals surface area contributed by atoms with Crippen molar-refractivity contribution in [2.24, 2.45) is 4.99 Å². The predicted molar refractivity (Wildman–Crippen MR) is 113 cm³/mol. The number of aliphatic imine (C=N–C) groups is 1. The first kappa shape index (κ1) is 20.2. The van der Waals surface area contributed by atoms with Crippen LogP contribution >= 0.6 is 24.0 Å². The van der Waals surface area contributed by atoms with Gasteiger partial charge in [0.15, 0.2) is 5.96 Å². The van der Waals surface area contributed by atoms with Crippen molar-refractivity contribution in [1.29, 1.82) is 0 Å². The molecule has 2 aliphatic heterocycles. The molecule has 0 aromatic carbocycles. The van der Waals surface area contributed by atoms with Crippen LogP contribution in [0.15, 0.2) is 23.3 Å². The van der Waals surface area contributed by atoms with Crippen molar-refractivity contribution < 1.29 is 4.74 Å². The second-order valence-corrected chi connectivity index (χ2v) is 6.52. The van der Waals surface area contributed by atoms with E-state index in [1.165, 1.54) is 12.8 Å². The normalized spacial score (nSPS) is 21.2. The lowest BCUT2D eigenvalue weighted by Gasteiger charge is -2.32. The first-order valence-corrected chi connectivity index (χ1v) is 9.11. The van der Waals surface area contributed by atoms with Gasteiger partial charge in [0, 0.05) is 38.9 Å². The molecular formula is C18H30IN5O. The molecule has 2 saturated heterocycles. The van der Waals surface area contributed by atoms with Gasteiger partial charge in [0.1, 0.15) is 5.82 Å². The molecule has 1 N–H and O–H groups in total. The number of likely N-dealkylation sites (tertiary alicyclic amines) is 1. The number of hydrogen-bond acceptors (Lipinski definition) is 4. The summed E-state index contributed by atoms with van der Waals surface area (Å²) in [6.45, 7) is 10.6.